The summed E-state index contributed by atoms with van der Waals surface area (Å²) in [4.78, 5) is 14.4. The monoisotopic (exact) mass is 325 g/mol. The SMILES string of the molecule is COc1ccc([C@@H]2CCCCN2C(=O)OCc2ccccc2)cc1. The number of rotatable bonds is 4. The van der Waals surface area contributed by atoms with Gasteiger partial charge in [0.05, 0.1) is 13.2 Å². The number of benzene rings is 2. The summed E-state index contributed by atoms with van der Waals surface area (Å²) in [6, 6.07) is 17.8. The van der Waals surface area contributed by atoms with E-state index in [1.807, 2.05) is 59.5 Å². The van der Waals surface area contributed by atoms with Crippen molar-refractivity contribution in [2.45, 2.75) is 31.9 Å². The molecule has 1 atom stereocenters. The van der Waals surface area contributed by atoms with Gasteiger partial charge in [-0.05, 0) is 42.5 Å². The molecule has 1 aliphatic heterocycles. The molecule has 0 spiro atoms. The van der Waals surface area contributed by atoms with Crippen LogP contribution in [-0.4, -0.2) is 24.6 Å². The summed E-state index contributed by atoms with van der Waals surface area (Å²) in [6.07, 6.45) is 2.87. The van der Waals surface area contributed by atoms with Gasteiger partial charge in [0.2, 0.25) is 0 Å². The fourth-order valence-corrected chi connectivity index (χ4v) is 3.12. The molecule has 1 amide bonds. The van der Waals surface area contributed by atoms with Gasteiger partial charge in [0.1, 0.15) is 12.4 Å². The molecule has 2 aromatic carbocycles. The van der Waals surface area contributed by atoms with Gasteiger partial charge in [0.25, 0.3) is 0 Å². The van der Waals surface area contributed by atoms with Crippen LogP contribution < -0.4 is 4.74 Å². The molecule has 1 fully saturated rings. The summed E-state index contributed by atoms with van der Waals surface area (Å²) in [7, 11) is 1.66. The molecule has 1 heterocycles. The van der Waals surface area contributed by atoms with Crippen molar-refractivity contribution in [3.63, 3.8) is 0 Å². The molecule has 0 unspecified atom stereocenters. The Labute approximate surface area is 143 Å². The second-order valence-electron chi connectivity index (χ2n) is 6.02. The summed E-state index contributed by atoms with van der Waals surface area (Å²) in [5.74, 6) is 0.827. The zero-order valence-corrected chi connectivity index (χ0v) is 14.0. The highest BCUT2D eigenvalue weighted by molar-refractivity contribution is 5.68. The van der Waals surface area contributed by atoms with E-state index in [4.69, 9.17) is 9.47 Å². The van der Waals surface area contributed by atoms with Crippen LogP contribution in [-0.2, 0) is 11.3 Å². The molecule has 2 aromatic rings. The molecule has 0 saturated carbocycles. The van der Waals surface area contributed by atoms with Crippen LogP contribution in [0.1, 0.15) is 36.4 Å². The van der Waals surface area contributed by atoms with E-state index in [1.54, 1.807) is 7.11 Å². The molecule has 0 bridgehead atoms. The Balaban J connectivity index is 1.67. The van der Waals surface area contributed by atoms with E-state index < -0.39 is 0 Å². The first-order chi connectivity index (χ1) is 11.8. The molecule has 0 N–H and O–H groups in total. The number of nitrogens with zero attached hydrogens (tertiary/aromatic N) is 1. The number of carbonyl (C=O) groups excluding carboxylic acids is 1. The average Bonchev–Trinajstić information content (AvgIpc) is 2.67. The lowest BCUT2D eigenvalue weighted by Gasteiger charge is -2.35. The maximum absolute atomic E-state index is 12.6. The van der Waals surface area contributed by atoms with Gasteiger partial charge in [0.15, 0.2) is 0 Å². The molecular weight excluding hydrogens is 302 g/mol. The van der Waals surface area contributed by atoms with Crippen LogP contribution in [0.25, 0.3) is 0 Å². The first-order valence-corrected chi connectivity index (χ1v) is 8.39. The van der Waals surface area contributed by atoms with Crippen molar-refractivity contribution in [1.82, 2.24) is 4.90 Å². The van der Waals surface area contributed by atoms with Gasteiger partial charge in [-0.1, -0.05) is 42.5 Å². The fourth-order valence-electron chi connectivity index (χ4n) is 3.12. The molecule has 126 valence electrons. The second-order valence-corrected chi connectivity index (χ2v) is 6.02. The van der Waals surface area contributed by atoms with Crippen LogP contribution in [0.15, 0.2) is 54.6 Å². The van der Waals surface area contributed by atoms with Gasteiger partial charge in [-0.25, -0.2) is 4.79 Å². The summed E-state index contributed by atoms with van der Waals surface area (Å²) in [6.45, 7) is 1.05. The van der Waals surface area contributed by atoms with Crippen molar-refractivity contribution in [1.29, 1.82) is 0 Å². The maximum Gasteiger partial charge on any atom is 0.410 e. The van der Waals surface area contributed by atoms with E-state index in [0.29, 0.717) is 6.61 Å². The predicted molar refractivity (Wildman–Crippen MR) is 92.9 cm³/mol. The van der Waals surface area contributed by atoms with Gasteiger partial charge in [-0.2, -0.15) is 0 Å². The minimum atomic E-state index is -0.237. The molecule has 24 heavy (non-hydrogen) atoms. The third-order valence-electron chi connectivity index (χ3n) is 4.44. The molecule has 3 rings (SSSR count). The Hall–Kier alpha value is -2.49. The molecule has 0 aromatic heterocycles. The minimum Gasteiger partial charge on any atom is -0.497 e. The number of amides is 1. The van der Waals surface area contributed by atoms with Crippen LogP contribution in [0.5, 0.6) is 5.75 Å². The molecule has 0 aliphatic carbocycles. The molecule has 1 saturated heterocycles. The number of carbonyl (C=O) groups is 1. The first-order valence-electron chi connectivity index (χ1n) is 8.39. The lowest BCUT2D eigenvalue weighted by Crippen LogP contribution is -2.38. The van der Waals surface area contributed by atoms with Crippen molar-refractivity contribution in [2.24, 2.45) is 0 Å². The zero-order valence-electron chi connectivity index (χ0n) is 14.0. The zero-order chi connectivity index (χ0) is 16.8. The minimum absolute atomic E-state index is 0.0768. The van der Waals surface area contributed by atoms with Gasteiger partial charge < -0.3 is 14.4 Å². The second kappa shape index (κ2) is 7.86. The summed E-state index contributed by atoms with van der Waals surface area (Å²) in [5, 5.41) is 0. The summed E-state index contributed by atoms with van der Waals surface area (Å²) < 4.78 is 10.7. The standard InChI is InChI=1S/C20H23NO3/c1-23-18-12-10-17(11-13-18)19-9-5-6-14-21(19)20(22)24-15-16-7-3-2-4-8-16/h2-4,7-8,10-13,19H,5-6,9,14-15H2,1H3/t19-/m0/s1. The van der Waals surface area contributed by atoms with Gasteiger partial charge >= 0.3 is 6.09 Å². The Bertz CT molecular complexity index is 654. The van der Waals surface area contributed by atoms with E-state index in [9.17, 15) is 4.79 Å². The smallest absolute Gasteiger partial charge is 0.410 e. The topological polar surface area (TPSA) is 38.8 Å². The lowest BCUT2D eigenvalue weighted by atomic mass is 9.95. The van der Waals surface area contributed by atoms with Crippen LogP contribution >= 0.6 is 0 Å². The quantitative estimate of drug-likeness (QED) is 0.827. The maximum atomic E-state index is 12.6. The summed E-state index contributed by atoms with van der Waals surface area (Å²) in [5.41, 5.74) is 2.14. The van der Waals surface area contributed by atoms with Crippen LogP contribution in [0, 0.1) is 0 Å². The molecule has 4 heteroatoms. The molecular formula is C20H23NO3. The normalized spacial score (nSPS) is 17.4. The Morgan fingerprint density at radius 3 is 2.54 bits per heavy atom. The Morgan fingerprint density at radius 2 is 1.83 bits per heavy atom. The van der Waals surface area contributed by atoms with Gasteiger partial charge in [-0.3, -0.25) is 0 Å². The molecule has 1 aliphatic rings. The van der Waals surface area contributed by atoms with E-state index >= 15 is 0 Å². The van der Waals surface area contributed by atoms with Crippen LogP contribution in [0.3, 0.4) is 0 Å². The number of ether oxygens (including phenoxy) is 2. The summed E-state index contributed by atoms with van der Waals surface area (Å²) >= 11 is 0. The first kappa shape index (κ1) is 16.4. The number of hydrogen-bond donors (Lipinski definition) is 0. The van der Waals surface area contributed by atoms with Crippen molar-refractivity contribution < 1.29 is 14.3 Å². The van der Waals surface area contributed by atoms with Crippen molar-refractivity contribution in [3.8, 4) is 5.75 Å². The largest absolute Gasteiger partial charge is 0.497 e. The fraction of sp³-hybridized carbons (Fsp3) is 0.350. The van der Waals surface area contributed by atoms with E-state index in [2.05, 4.69) is 0 Å². The lowest BCUT2D eigenvalue weighted by molar-refractivity contribution is 0.0679. The van der Waals surface area contributed by atoms with Gasteiger partial charge in [0, 0.05) is 6.54 Å². The third kappa shape index (κ3) is 3.88. The Morgan fingerprint density at radius 1 is 1.08 bits per heavy atom. The Kier molecular flexibility index (Phi) is 5.36. The van der Waals surface area contributed by atoms with Crippen LogP contribution in [0.2, 0.25) is 0 Å². The van der Waals surface area contributed by atoms with Crippen molar-refractivity contribution in [3.05, 3.63) is 65.7 Å². The van der Waals surface area contributed by atoms with Crippen molar-refractivity contribution >= 4 is 6.09 Å². The highest BCUT2D eigenvalue weighted by atomic mass is 16.6. The third-order valence-corrected chi connectivity index (χ3v) is 4.44. The van der Waals surface area contributed by atoms with Crippen molar-refractivity contribution in [2.75, 3.05) is 13.7 Å². The van der Waals surface area contributed by atoms with E-state index in [1.165, 1.54) is 0 Å². The number of piperidine rings is 1. The molecule has 4 nitrogen and oxygen atoms in total. The average molecular weight is 325 g/mol. The van der Waals surface area contributed by atoms with Gasteiger partial charge in [-0.15, -0.1) is 0 Å². The number of methoxy groups -OCH3 is 1. The highest BCUT2D eigenvalue weighted by Gasteiger charge is 2.29. The molecule has 0 radical (unpaired) electrons. The highest BCUT2D eigenvalue weighted by Crippen LogP contribution is 2.32. The van der Waals surface area contributed by atoms with E-state index in [0.717, 1.165) is 42.7 Å². The number of hydrogen-bond acceptors (Lipinski definition) is 3. The predicted octanol–water partition coefficient (Wildman–Crippen LogP) is 4.56. The van der Waals surface area contributed by atoms with E-state index in [-0.39, 0.29) is 12.1 Å². The number of likely N-dealkylation sites (tertiary alicyclic amines) is 1. The van der Waals surface area contributed by atoms with Crippen LogP contribution in [0.4, 0.5) is 4.79 Å².